The number of aromatic hydroxyl groups is 1. The van der Waals surface area contributed by atoms with Gasteiger partial charge < -0.3 is 10.8 Å². The molecule has 1 aromatic rings. The number of aldehydes is 1. The number of phenols is 1. The molecule has 0 fully saturated rings. The van der Waals surface area contributed by atoms with Crippen molar-refractivity contribution in [2.45, 2.75) is 0 Å². The van der Waals surface area contributed by atoms with Crippen LogP contribution in [0.25, 0.3) is 0 Å². The molecule has 0 aliphatic rings. The molecule has 3 N–H and O–H groups in total. The zero-order chi connectivity index (χ0) is 10.6. The van der Waals surface area contributed by atoms with E-state index in [1.54, 1.807) is 0 Å². The molecule has 0 bridgehead atoms. The summed E-state index contributed by atoms with van der Waals surface area (Å²) >= 11 is 0. The molecular weight excluding hydrogens is 182 g/mol. The third kappa shape index (κ3) is 2.35. The van der Waals surface area contributed by atoms with Crippen molar-refractivity contribution in [2.24, 2.45) is 5.73 Å². The summed E-state index contributed by atoms with van der Waals surface area (Å²) in [6.07, 6.45) is 0.528. The summed E-state index contributed by atoms with van der Waals surface area (Å²) in [5, 5.41) is 9.24. The van der Waals surface area contributed by atoms with E-state index in [9.17, 15) is 14.7 Å². The third-order valence-corrected chi connectivity index (χ3v) is 1.49. The van der Waals surface area contributed by atoms with Gasteiger partial charge in [0.1, 0.15) is 5.75 Å². The van der Waals surface area contributed by atoms with Crippen molar-refractivity contribution in [3.63, 3.8) is 0 Å². The van der Waals surface area contributed by atoms with E-state index < -0.39 is 5.91 Å². The molecule has 0 saturated heterocycles. The van der Waals surface area contributed by atoms with Crippen LogP contribution in [0.1, 0.15) is 15.9 Å². The van der Waals surface area contributed by atoms with E-state index in [0.717, 1.165) is 0 Å². The summed E-state index contributed by atoms with van der Waals surface area (Å²) < 4.78 is 0. The normalized spacial score (nSPS) is 8.57. The fraction of sp³-hybridized carbons (Fsp3) is 0. The summed E-state index contributed by atoms with van der Waals surface area (Å²) in [5.41, 5.74) is 5.40. The van der Waals surface area contributed by atoms with Crippen LogP contribution in [0.4, 0.5) is 0 Å². The fourth-order valence-corrected chi connectivity index (χ4v) is 0.855. The standard InChI is InChI=1S/C10H7NO3/c11-10(14)4-2-7-1-3-8(6-12)9(13)5-7/h1,3,5-6,13H,(H2,11,14). The number of carbonyl (C=O) groups excluding carboxylic acids is 2. The minimum absolute atomic E-state index is 0.170. The molecule has 4 heteroatoms. The van der Waals surface area contributed by atoms with Crippen LogP contribution < -0.4 is 5.73 Å². The van der Waals surface area contributed by atoms with Crippen LogP contribution in [0.2, 0.25) is 0 Å². The van der Waals surface area contributed by atoms with Gasteiger partial charge in [-0.05, 0) is 24.1 Å². The number of phenolic OH excluding ortho intramolecular Hbond substituents is 1. The van der Waals surface area contributed by atoms with Gasteiger partial charge in [0.05, 0.1) is 5.56 Å². The molecular formula is C10H7NO3. The molecule has 14 heavy (non-hydrogen) atoms. The van der Waals surface area contributed by atoms with Crippen LogP contribution in [-0.2, 0) is 4.79 Å². The average molecular weight is 189 g/mol. The Bertz CT molecular complexity index is 440. The van der Waals surface area contributed by atoms with E-state index in [1.165, 1.54) is 18.2 Å². The van der Waals surface area contributed by atoms with E-state index in [1.807, 2.05) is 0 Å². The molecule has 0 heterocycles. The Labute approximate surface area is 80.3 Å². The quantitative estimate of drug-likeness (QED) is 0.483. The summed E-state index contributed by atoms with van der Waals surface area (Å²) in [7, 11) is 0. The van der Waals surface area contributed by atoms with Crippen LogP contribution in [0.5, 0.6) is 5.75 Å². The Morgan fingerprint density at radius 3 is 2.71 bits per heavy atom. The van der Waals surface area contributed by atoms with Gasteiger partial charge in [-0.1, -0.05) is 5.92 Å². The molecule has 4 nitrogen and oxygen atoms in total. The molecule has 0 atom stereocenters. The van der Waals surface area contributed by atoms with Gasteiger partial charge in [0, 0.05) is 5.56 Å². The SMILES string of the molecule is NC(=O)C#Cc1ccc(C=O)c(O)c1. The Morgan fingerprint density at radius 2 is 2.21 bits per heavy atom. The Balaban J connectivity index is 3.05. The topological polar surface area (TPSA) is 80.4 Å². The van der Waals surface area contributed by atoms with E-state index in [-0.39, 0.29) is 11.3 Å². The van der Waals surface area contributed by atoms with Gasteiger partial charge >= 0.3 is 0 Å². The van der Waals surface area contributed by atoms with Gasteiger partial charge in [0.25, 0.3) is 5.91 Å². The minimum Gasteiger partial charge on any atom is -0.507 e. The summed E-state index contributed by atoms with van der Waals surface area (Å²) in [5.74, 6) is 3.64. The fourth-order valence-electron chi connectivity index (χ4n) is 0.855. The van der Waals surface area contributed by atoms with E-state index in [2.05, 4.69) is 11.8 Å². The highest BCUT2D eigenvalue weighted by Gasteiger charge is 1.99. The molecule has 1 rings (SSSR count). The van der Waals surface area contributed by atoms with E-state index >= 15 is 0 Å². The first-order valence-electron chi connectivity index (χ1n) is 3.73. The number of hydrogen-bond donors (Lipinski definition) is 2. The minimum atomic E-state index is -0.746. The number of rotatable bonds is 1. The van der Waals surface area contributed by atoms with Crippen LogP contribution >= 0.6 is 0 Å². The number of benzene rings is 1. The first-order chi connectivity index (χ1) is 6.63. The predicted octanol–water partition coefficient (Wildman–Crippen LogP) is 0.0415. The molecule has 0 unspecified atom stereocenters. The maximum atomic E-state index is 10.3. The molecule has 0 aliphatic heterocycles. The van der Waals surface area contributed by atoms with E-state index in [4.69, 9.17) is 5.73 Å². The Hall–Kier alpha value is -2.28. The third-order valence-electron chi connectivity index (χ3n) is 1.49. The second kappa shape index (κ2) is 4.10. The maximum absolute atomic E-state index is 10.3. The number of carbonyl (C=O) groups is 2. The number of amides is 1. The second-order valence-electron chi connectivity index (χ2n) is 2.51. The molecule has 0 spiro atoms. The molecule has 1 amide bonds. The first-order valence-corrected chi connectivity index (χ1v) is 3.73. The molecule has 0 aromatic heterocycles. The number of primary amides is 1. The largest absolute Gasteiger partial charge is 0.507 e. The zero-order valence-corrected chi connectivity index (χ0v) is 7.15. The van der Waals surface area contributed by atoms with E-state index in [0.29, 0.717) is 11.8 Å². The lowest BCUT2D eigenvalue weighted by atomic mass is 10.1. The summed E-state index contributed by atoms with van der Waals surface area (Å²) in [6.45, 7) is 0. The Morgan fingerprint density at radius 1 is 1.50 bits per heavy atom. The predicted molar refractivity (Wildman–Crippen MR) is 49.6 cm³/mol. The van der Waals surface area contributed by atoms with Crippen LogP contribution in [0, 0.1) is 11.8 Å². The van der Waals surface area contributed by atoms with Gasteiger partial charge in [-0.25, -0.2) is 0 Å². The van der Waals surface area contributed by atoms with Crippen molar-refractivity contribution in [1.29, 1.82) is 0 Å². The van der Waals surface area contributed by atoms with Crippen molar-refractivity contribution < 1.29 is 14.7 Å². The van der Waals surface area contributed by atoms with Crippen LogP contribution in [0.3, 0.4) is 0 Å². The molecule has 70 valence electrons. The van der Waals surface area contributed by atoms with Crippen LogP contribution in [0.15, 0.2) is 18.2 Å². The van der Waals surface area contributed by atoms with Gasteiger partial charge in [-0.3, -0.25) is 9.59 Å². The monoisotopic (exact) mass is 189 g/mol. The van der Waals surface area contributed by atoms with Gasteiger partial charge in [0.15, 0.2) is 6.29 Å². The van der Waals surface area contributed by atoms with Crippen molar-refractivity contribution in [2.75, 3.05) is 0 Å². The summed E-state index contributed by atoms with van der Waals surface area (Å²) in [6, 6.07) is 4.21. The molecule has 0 radical (unpaired) electrons. The lowest BCUT2D eigenvalue weighted by Crippen LogP contribution is -2.06. The first kappa shape index (κ1) is 9.81. The molecule has 0 aliphatic carbocycles. The van der Waals surface area contributed by atoms with Crippen molar-refractivity contribution >= 4 is 12.2 Å². The summed E-state index contributed by atoms with van der Waals surface area (Å²) in [4.78, 5) is 20.6. The second-order valence-corrected chi connectivity index (χ2v) is 2.51. The molecule has 1 aromatic carbocycles. The van der Waals surface area contributed by atoms with Crippen molar-refractivity contribution in [1.82, 2.24) is 0 Å². The molecule has 0 saturated carbocycles. The highest BCUT2D eigenvalue weighted by Crippen LogP contribution is 2.15. The lowest BCUT2D eigenvalue weighted by molar-refractivity contribution is -0.112. The zero-order valence-electron chi connectivity index (χ0n) is 7.15. The highest BCUT2D eigenvalue weighted by molar-refractivity contribution is 5.92. The highest BCUT2D eigenvalue weighted by atomic mass is 16.3. The Kier molecular flexibility index (Phi) is 2.87. The smallest absolute Gasteiger partial charge is 0.293 e. The number of hydrogen-bond acceptors (Lipinski definition) is 3. The van der Waals surface area contributed by atoms with Crippen molar-refractivity contribution in [3.05, 3.63) is 29.3 Å². The van der Waals surface area contributed by atoms with Gasteiger partial charge in [-0.2, -0.15) is 0 Å². The number of nitrogens with two attached hydrogens (primary N) is 1. The average Bonchev–Trinajstić information content (AvgIpc) is 2.15. The lowest BCUT2D eigenvalue weighted by Gasteiger charge is -1.96. The van der Waals surface area contributed by atoms with Crippen molar-refractivity contribution in [3.8, 4) is 17.6 Å². The van der Waals surface area contributed by atoms with Gasteiger partial charge in [0.2, 0.25) is 0 Å². The maximum Gasteiger partial charge on any atom is 0.293 e. The van der Waals surface area contributed by atoms with Gasteiger partial charge in [-0.15, -0.1) is 0 Å². The van der Waals surface area contributed by atoms with Crippen LogP contribution in [-0.4, -0.2) is 17.3 Å².